The second-order valence-electron chi connectivity index (χ2n) is 6.29. The maximum atomic E-state index is 12.1. The Morgan fingerprint density at radius 1 is 1.16 bits per heavy atom. The number of rotatable bonds is 8. The summed E-state index contributed by atoms with van der Waals surface area (Å²) < 4.78 is 5.29. The molecule has 2 aromatic carbocycles. The van der Waals surface area contributed by atoms with Crippen molar-refractivity contribution in [1.82, 2.24) is 0 Å². The standard InChI is InChI=1S/C19H23NO4Si/c1-14-7-6-10-18(15(14)2)25-17(12-20(22)23)11-19(21)24-13-16-8-4-3-5-9-16/h3-10,17H,11-13,25H2,1-2H3. The van der Waals surface area contributed by atoms with Crippen LogP contribution in [0.4, 0.5) is 0 Å². The van der Waals surface area contributed by atoms with Crippen molar-refractivity contribution in [3.05, 3.63) is 75.3 Å². The molecule has 0 amide bonds. The zero-order valence-electron chi connectivity index (χ0n) is 14.6. The van der Waals surface area contributed by atoms with Crippen LogP contribution < -0.4 is 5.19 Å². The molecular formula is C19H23NO4Si. The molecule has 2 rings (SSSR count). The van der Waals surface area contributed by atoms with Gasteiger partial charge in [0.05, 0.1) is 15.9 Å². The van der Waals surface area contributed by atoms with Crippen molar-refractivity contribution in [1.29, 1.82) is 0 Å². The van der Waals surface area contributed by atoms with Crippen LogP contribution in [0.25, 0.3) is 0 Å². The largest absolute Gasteiger partial charge is 0.461 e. The van der Waals surface area contributed by atoms with Gasteiger partial charge in [-0.2, -0.15) is 0 Å². The number of nitrogens with zero attached hydrogens (tertiary/aromatic N) is 1. The molecule has 5 nitrogen and oxygen atoms in total. The first-order valence-corrected chi connectivity index (χ1v) is 9.84. The second-order valence-corrected chi connectivity index (χ2v) is 8.62. The predicted molar refractivity (Wildman–Crippen MR) is 101 cm³/mol. The number of hydrogen-bond donors (Lipinski definition) is 0. The van der Waals surface area contributed by atoms with Crippen LogP contribution in [0.3, 0.4) is 0 Å². The summed E-state index contributed by atoms with van der Waals surface area (Å²) in [7, 11) is -0.956. The maximum Gasteiger partial charge on any atom is 0.306 e. The van der Waals surface area contributed by atoms with E-state index in [0.717, 1.165) is 5.56 Å². The number of aryl methyl sites for hydroxylation is 1. The molecule has 0 fully saturated rings. The van der Waals surface area contributed by atoms with E-state index in [-0.39, 0.29) is 36.0 Å². The van der Waals surface area contributed by atoms with Crippen molar-refractivity contribution in [3.8, 4) is 0 Å². The molecule has 1 unspecified atom stereocenters. The average molecular weight is 357 g/mol. The summed E-state index contributed by atoms with van der Waals surface area (Å²) in [4.78, 5) is 22.8. The molecule has 0 heterocycles. The monoisotopic (exact) mass is 357 g/mol. The van der Waals surface area contributed by atoms with E-state index in [0.29, 0.717) is 0 Å². The Morgan fingerprint density at radius 3 is 2.56 bits per heavy atom. The summed E-state index contributed by atoms with van der Waals surface area (Å²) in [6.45, 7) is 4.09. The molecule has 0 aliphatic rings. The summed E-state index contributed by atoms with van der Waals surface area (Å²) in [5.74, 6) is -0.367. The van der Waals surface area contributed by atoms with E-state index in [9.17, 15) is 14.9 Å². The fourth-order valence-corrected chi connectivity index (χ4v) is 4.99. The van der Waals surface area contributed by atoms with Gasteiger partial charge >= 0.3 is 5.97 Å². The smallest absolute Gasteiger partial charge is 0.306 e. The van der Waals surface area contributed by atoms with E-state index in [1.54, 1.807) is 0 Å². The van der Waals surface area contributed by atoms with Crippen molar-refractivity contribution < 1.29 is 14.5 Å². The van der Waals surface area contributed by atoms with Gasteiger partial charge in [0.2, 0.25) is 6.54 Å². The molecule has 0 spiro atoms. The summed E-state index contributed by atoms with van der Waals surface area (Å²) in [5.41, 5.74) is 3.03. The third-order valence-corrected chi connectivity index (χ3v) is 6.66. The third-order valence-electron chi connectivity index (χ3n) is 4.33. The van der Waals surface area contributed by atoms with Gasteiger partial charge in [0.25, 0.3) is 0 Å². The van der Waals surface area contributed by atoms with Crippen molar-refractivity contribution in [2.24, 2.45) is 0 Å². The normalized spacial score (nSPS) is 12.2. The highest BCUT2D eigenvalue weighted by Gasteiger charge is 2.22. The minimum atomic E-state index is -0.956. The Hall–Kier alpha value is -2.47. The molecule has 0 bridgehead atoms. The van der Waals surface area contributed by atoms with Crippen molar-refractivity contribution in [3.63, 3.8) is 0 Å². The highest BCUT2D eigenvalue weighted by Crippen LogP contribution is 2.14. The number of benzene rings is 2. The Labute approximate surface area is 150 Å². The molecule has 0 aliphatic carbocycles. The summed E-state index contributed by atoms with van der Waals surface area (Å²) in [5, 5.41) is 12.2. The lowest BCUT2D eigenvalue weighted by molar-refractivity contribution is -0.480. The first-order chi connectivity index (χ1) is 12.0. The molecule has 132 valence electrons. The van der Waals surface area contributed by atoms with Gasteiger partial charge in [0, 0.05) is 10.5 Å². The van der Waals surface area contributed by atoms with E-state index >= 15 is 0 Å². The summed E-state index contributed by atoms with van der Waals surface area (Å²) in [6.07, 6.45) is 0.105. The first kappa shape index (κ1) is 18.9. The summed E-state index contributed by atoms with van der Waals surface area (Å²) >= 11 is 0. The number of hydrogen-bond acceptors (Lipinski definition) is 4. The highest BCUT2D eigenvalue weighted by molar-refractivity contribution is 6.56. The van der Waals surface area contributed by atoms with Gasteiger partial charge in [-0.25, -0.2) is 0 Å². The predicted octanol–water partition coefficient (Wildman–Crippen LogP) is 2.30. The molecule has 25 heavy (non-hydrogen) atoms. The quantitative estimate of drug-likeness (QED) is 0.315. The molecule has 0 aliphatic heterocycles. The van der Waals surface area contributed by atoms with Crippen LogP contribution in [0.5, 0.6) is 0 Å². The fraction of sp³-hybridized carbons (Fsp3) is 0.316. The van der Waals surface area contributed by atoms with Gasteiger partial charge in [-0.3, -0.25) is 14.9 Å². The molecule has 0 N–H and O–H groups in total. The van der Waals surface area contributed by atoms with Crippen LogP contribution in [0.2, 0.25) is 5.54 Å². The fourth-order valence-electron chi connectivity index (χ4n) is 2.79. The molecule has 1 atom stereocenters. The van der Waals surface area contributed by atoms with E-state index in [1.807, 2.05) is 62.4 Å². The van der Waals surface area contributed by atoms with Gasteiger partial charge in [-0.1, -0.05) is 53.7 Å². The van der Waals surface area contributed by atoms with Crippen LogP contribution in [0.1, 0.15) is 23.1 Å². The number of nitro groups is 1. The second kappa shape index (κ2) is 9.13. The van der Waals surface area contributed by atoms with E-state index in [1.165, 1.54) is 16.3 Å². The molecule has 0 radical (unpaired) electrons. The lowest BCUT2D eigenvalue weighted by Gasteiger charge is -2.14. The van der Waals surface area contributed by atoms with Crippen LogP contribution >= 0.6 is 0 Å². The van der Waals surface area contributed by atoms with Gasteiger partial charge in [-0.05, 0) is 30.5 Å². The number of esters is 1. The minimum Gasteiger partial charge on any atom is -0.461 e. The van der Waals surface area contributed by atoms with E-state index in [2.05, 4.69) is 0 Å². The number of carbonyl (C=O) groups excluding carboxylic acids is 1. The van der Waals surface area contributed by atoms with Crippen molar-refractivity contribution in [2.45, 2.75) is 32.4 Å². The molecule has 6 heteroatoms. The first-order valence-electron chi connectivity index (χ1n) is 8.32. The molecule has 2 aromatic rings. The highest BCUT2D eigenvalue weighted by atomic mass is 28.2. The molecule has 0 aromatic heterocycles. The van der Waals surface area contributed by atoms with Gasteiger partial charge in [0.15, 0.2) is 0 Å². The molecule has 0 saturated heterocycles. The number of carbonyl (C=O) groups is 1. The Balaban J connectivity index is 1.98. The zero-order valence-corrected chi connectivity index (χ0v) is 16.0. The molecule has 0 saturated carbocycles. The molecular weight excluding hydrogens is 334 g/mol. The van der Waals surface area contributed by atoms with Crippen LogP contribution in [-0.2, 0) is 16.1 Å². The minimum absolute atomic E-state index is 0.105. The zero-order chi connectivity index (χ0) is 18.2. The number of ether oxygens (including phenoxy) is 1. The van der Waals surface area contributed by atoms with Gasteiger partial charge < -0.3 is 4.74 Å². The lowest BCUT2D eigenvalue weighted by atomic mass is 10.1. The maximum absolute atomic E-state index is 12.1. The summed E-state index contributed by atoms with van der Waals surface area (Å²) in [6, 6.07) is 15.5. The van der Waals surface area contributed by atoms with Crippen LogP contribution in [-0.4, -0.2) is 27.0 Å². The average Bonchev–Trinajstić information content (AvgIpc) is 2.57. The van der Waals surface area contributed by atoms with Gasteiger partial charge in [-0.15, -0.1) is 0 Å². The van der Waals surface area contributed by atoms with Crippen LogP contribution in [0.15, 0.2) is 48.5 Å². The Bertz CT molecular complexity index is 733. The van der Waals surface area contributed by atoms with E-state index < -0.39 is 9.52 Å². The van der Waals surface area contributed by atoms with E-state index in [4.69, 9.17) is 4.74 Å². The SMILES string of the molecule is Cc1cccc([SiH2]C(CC(=O)OCc2ccccc2)C[N+](=O)[O-])c1C. The third kappa shape index (κ3) is 6.15. The van der Waals surface area contributed by atoms with Gasteiger partial charge in [0.1, 0.15) is 6.61 Å². The topological polar surface area (TPSA) is 69.4 Å². The lowest BCUT2D eigenvalue weighted by Crippen LogP contribution is -2.29. The van der Waals surface area contributed by atoms with Crippen molar-refractivity contribution >= 4 is 20.7 Å². The Kier molecular flexibility index (Phi) is 6.88. The van der Waals surface area contributed by atoms with Crippen LogP contribution in [0, 0.1) is 24.0 Å². The van der Waals surface area contributed by atoms with Crippen molar-refractivity contribution in [2.75, 3.05) is 6.54 Å². The Morgan fingerprint density at radius 2 is 1.88 bits per heavy atom.